The molecule has 76 valence electrons. The number of amides is 1. The highest BCUT2D eigenvalue weighted by molar-refractivity contribution is 5.84. The SMILES string of the molecule is Cc1cccc(C[C@@](C)(N)C(N)=O)c1. The van der Waals surface area contributed by atoms with E-state index >= 15 is 0 Å². The van der Waals surface area contributed by atoms with E-state index in [1.54, 1.807) is 6.92 Å². The van der Waals surface area contributed by atoms with E-state index in [2.05, 4.69) is 0 Å². The highest BCUT2D eigenvalue weighted by Gasteiger charge is 2.25. The predicted molar refractivity (Wildman–Crippen MR) is 56.7 cm³/mol. The van der Waals surface area contributed by atoms with Gasteiger partial charge in [-0.3, -0.25) is 4.79 Å². The van der Waals surface area contributed by atoms with Gasteiger partial charge in [0.25, 0.3) is 0 Å². The maximum absolute atomic E-state index is 11.0. The topological polar surface area (TPSA) is 69.1 Å². The van der Waals surface area contributed by atoms with Gasteiger partial charge in [-0.15, -0.1) is 0 Å². The van der Waals surface area contributed by atoms with Crippen molar-refractivity contribution in [3.63, 3.8) is 0 Å². The highest BCUT2D eigenvalue weighted by Crippen LogP contribution is 2.11. The third-order valence-electron chi connectivity index (χ3n) is 2.22. The monoisotopic (exact) mass is 192 g/mol. The number of nitrogens with two attached hydrogens (primary N) is 2. The molecule has 0 aromatic heterocycles. The Labute approximate surface area is 84.1 Å². The third kappa shape index (κ3) is 2.57. The molecule has 3 nitrogen and oxygen atoms in total. The molecule has 1 aromatic rings. The zero-order chi connectivity index (χ0) is 10.8. The lowest BCUT2D eigenvalue weighted by molar-refractivity contribution is -0.122. The number of primary amides is 1. The van der Waals surface area contributed by atoms with E-state index in [1.165, 1.54) is 0 Å². The summed E-state index contributed by atoms with van der Waals surface area (Å²) in [5.41, 5.74) is 12.2. The maximum atomic E-state index is 11.0. The molecule has 0 aliphatic carbocycles. The van der Waals surface area contributed by atoms with E-state index in [4.69, 9.17) is 11.5 Å². The van der Waals surface area contributed by atoms with Crippen molar-refractivity contribution in [1.29, 1.82) is 0 Å². The fourth-order valence-corrected chi connectivity index (χ4v) is 1.33. The summed E-state index contributed by atoms with van der Waals surface area (Å²) in [4.78, 5) is 11.0. The molecule has 0 saturated heterocycles. The summed E-state index contributed by atoms with van der Waals surface area (Å²) in [5, 5.41) is 0. The van der Waals surface area contributed by atoms with Crippen molar-refractivity contribution in [2.24, 2.45) is 11.5 Å². The predicted octanol–water partition coefficient (Wildman–Crippen LogP) is 0.740. The molecule has 4 N–H and O–H groups in total. The van der Waals surface area contributed by atoms with Crippen LogP contribution in [0.5, 0.6) is 0 Å². The van der Waals surface area contributed by atoms with Crippen LogP contribution in [-0.4, -0.2) is 11.4 Å². The molecule has 0 bridgehead atoms. The second kappa shape index (κ2) is 3.80. The molecule has 0 unspecified atom stereocenters. The minimum absolute atomic E-state index is 0.473. The molecule has 3 heteroatoms. The molecule has 1 atom stereocenters. The van der Waals surface area contributed by atoms with Gasteiger partial charge in [-0.05, 0) is 25.8 Å². The molecule has 0 heterocycles. The van der Waals surface area contributed by atoms with Crippen molar-refractivity contribution < 1.29 is 4.79 Å². The van der Waals surface area contributed by atoms with Crippen LogP contribution >= 0.6 is 0 Å². The van der Waals surface area contributed by atoms with Gasteiger partial charge in [0.15, 0.2) is 0 Å². The second-order valence-corrected chi connectivity index (χ2v) is 3.95. The minimum Gasteiger partial charge on any atom is -0.368 e. The quantitative estimate of drug-likeness (QED) is 0.741. The van der Waals surface area contributed by atoms with Crippen LogP contribution in [0.1, 0.15) is 18.1 Å². The summed E-state index contributed by atoms with van der Waals surface area (Å²) in [6.45, 7) is 3.65. The summed E-state index contributed by atoms with van der Waals surface area (Å²) < 4.78 is 0. The minimum atomic E-state index is -0.964. The lowest BCUT2D eigenvalue weighted by atomic mass is 9.93. The van der Waals surface area contributed by atoms with Gasteiger partial charge in [0.05, 0.1) is 5.54 Å². The number of rotatable bonds is 3. The van der Waals surface area contributed by atoms with Crippen molar-refractivity contribution in [2.75, 3.05) is 0 Å². The number of carbonyl (C=O) groups excluding carboxylic acids is 1. The molecule has 1 rings (SSSR count). The highest BCUT2D eigenvalue weighted by atomic mass is 16.1. The van der Waals surface area contributed by atoms with Gasteiger partial charge in [0.2, 0.25) is 5.91 Å². The van der Waals surface area contributed by atoms with Gasteiger partial charge in [0.1, 0.15) is 0 Å². The van der Waals surface area contributed by atoms with Crippen LogP contribution in [0.25, 0.3) is 0 Å². The number of carbonyl (C=O) groups is 1. The fourth-order valence-electron chi connectivity index (χ4n) is 1.33. The third-order valence-corrected chi connectivity index (χ3v) is 2.22. The Morgan fingerprint density at radius 3 is 2.64 bits per heavy atom. The summed E-state index contributed by atoms with van der Waals surface area (Å²) in [5.74, 6) is -0.473. The Balaban J connectivity index is 2.83. The van der Waals surface area contributed by atoms with E-state index in [9.17, 15) is 4.79 Å². The Kier molecular flexibility index (Phi) is 2.91. The van der Waals surface area contributed by atoms with Gasteiger partial charge < -0.3 is 11.5 Å². The molecular formula is C11H16N2O. The van der Waals surface area contributed by atoms with E-state index < -0.39 is 11.4 Å². The Bertz CT molecular complexity index is 345. The van der Waals surface area contributed by atoms with Gasteiger partial charge in [-0.25, -0.2) is 0 Å². The molecule has 1 aromatic carbocycles. The van der Waals surface area contributed by atoms with Crippen LogP contribution in [-0.2, 0) is 11.2 Å². The second-order valence-electron chi connectivity index (χ2n) is 3.95. The summed E-state index contributed by atoms with van der Waals surface area (Å²) >= 11 is 0. The van der Waals surface area contributed by atoms with Gasteiger partial charge in [-0.2, -0.15) is 0 Å². The van der Waals surface area contributed by atoms with E-state index in [0.717, 1.165) is 11.1 Å². The fraction of sp³-hybridized carbons (Fsp3) is 0.364. The summed E-state index contributed by atoms with van der Waals surface area (Å²) in [6, 6.07) is 7.90. The first-order chi connectivity index (χ1) is 6.42. The van der Waals surface area contributed by atoms with Crippen LogP contribution in [0.3, 0.4) is 0 Å². The van der Waals surface area contributed by atoms with Gasteiger partial charge >= 0.3 is 0 Å². The molecular weight excluding hydrogens is 176 g/mol. The Morgan fingerprint density at radius 2 is 2.14 bits per heavy atom. The maximum Gasteiger partial charge on any atom is 0.237 e. The molecule has 1 amide bonds. The van der Waals surface area contributed by atoms with Crippen molar-refractivity contribution in [3.8, 4) is 0 Å². The zero-order valence-corrected chi connectivity index (χ0v) is 8.58. The van der Waals surface area contributed by atoms with Crippen molar-refractivity contribution >= 4 is 5.91 Å². The average Bonchev–Trinajstić information content (AvgIpc) is 2.02. The molecule has 0 spiro atoms. The smallest absolute Gasteiger partial charge is 0.237 e. The first kappa shape index (κ1) is 10.7. The number of hydrogen-bond acceptors (Lipinski definition) is 2. The molecule has 0 aliphatic rings. The van der Waals surface area contributed by atoms with E-state index in [-0.39, 0.29) is 0 Å². The molecule has 0 aliphatic heterocycles. The van der Waals surface area contributed by atoms with Crippen molar-refractivity contribution in [2.45, 2.75) is 25.8 Å². The lowest BCUT2D eigenvalue weighted by Gasteiger charge is -2.20. The first-order valence-corrected chi connectivity index (χ1v) is 4.56. The van der Waals surface area contributed by atoms with Gasteiger partial charge in [0, 0.05) is 0 Å². The van der Waals surface area contributed by atoms with E-state index in [0.29, 0.717) is 6.42 Å². The van der Waals surface area contributed by atoms with Crippen LogP contribution < -0.4 is 11.5 Å². The Hall–Kier alpha value is -1.35. The zero-order valence-electron chi connectivity index (χ0n) is 8.58. The first-order valence-electron chi connectivity index (χ1n) is 4.56. The summed E-state index contributed by atoms with van der Waals surface area (Å²) in [7, 11) is 0. The van der Waals surface area contributed by atoms with Crippen LogP contribution in [0.4, 0.5) is 0 Å². The largest absolute Gasteiger partial charge is 0.368 e. The molecule has 0 radical (unpaired) electrons. The summed E-state index contributed by atoms with van der Waals surface area (Å²) in [6.07, 6.45) is 0.476. The van der Waals surface area contributed by atoms with Crippen molar-refractivity contribution in [1.82, 2.24) is 0 Å². The van der Waals surface area contributed by atoms with Crippen molar-refractivity contribution in [3.05, 3.63) is 35.4 Å². The molecule has 14 heavy (non-hydrogen) atoms. The normalized spacial score (nSPS) is 14.8. The van der Waals surface area contributed by atoms with Crippen LogP contribution in [0.2, 0.25) is 0 Å². The Morgan fingerprint density at radius 1 is 1.50 bits per heavy atom. The number of hydrogen-bond donors (Lipinski definition) is 2. The van der Waals surface area contributed by atoms with Crippen LogP contribution in [0, 0.1) is 6.92 Å². The molecule has 0 saturated carbocycles. The van der Waals surface area contributed by atoms with E-state index in [1.807, 2.05) is 31.2 Å². The standard InChI is InChI=1S/C11H16N2O/c1-8-4-3-5-9(6-8)7-11(2,13)10(12)14/h3-6H,7,13H2,1-2H3,(H2,12,14)/t11-/m1/s1. The van der Waals surface area contributed by atoms with Crippen LogP contribution in [0.15, 0.2) is 24.3 Å². The molecule has 0 fully saturated rings. The van der Waals surface area contributed by atoms with Gasteiger partial charge in [-0.1, -0.05) is 29.8 Å². The number of aryl methyl sites for hydroxylation is 1. The average molecular weight is 192 g/mol. The lowest BCUT2D eigenvalue weighted by Crippen LogP contribution is -2.51. The number of benzene rings is 1.